The van der Waals surface area contributed by atoms with E-state index >= 15 is 0 Å². The van der Waals surface area contributed by atoms with Crippen LogP contribution in [0.1, 0.15) is 52.7 Å². The second-order valence-corrected chi connectivity index (χ2v) is 8.25. The molecule has 5 atom stereocenters. The molecule has 138 valence electrons. The van der Waals surface area contributed by atoms with E-state index in [1.54, 1.807) is 6.07 Å². The molecule has 5 heteroatoms. The van der Waals surface area contributed by atoms with E-state index in [1.807, 2.05) is 12.1 Å². The summed E-state index contributed by atoms with van der Waals surface area (Å²) in [5.74, 6) is 3.00. The smallest absolute Gasteiger partial charge is 0.337 e. The minimum absolute atomic E-state index is 0.104. The van der Waals surface area contributed by atoms with Gasteiger partial charge in [0, 0.05) is 0 Å². The zero-order valence-electron chi connectivity index (χ0n) is 14.9. The number of rotatable bonds is 2. The number of fused-ring (bicyclic) bond motifs is 8. The molecule has 27 heavy (non-hydrogen) atoms. The highest BCUT2D eigenvalue weighted by Gasteiger charge is 2.54. The van der Waals surface area contributed by atoms with Gasteiger partial charge in [-0.25, -0.2) is 4.79 Å². The number of carboxylic acids is 1. The summed E-state index contributed by atoms with van der Waals surface area (Å²) in [5, 5.41) is 13.4. The third-order valence-corrected chi connectivity index (χ3v) is 7.11. The van der Waals surface area contributed by atoms with Crippen LogP contribution in [0.4, 0.5) is 5.69 Å². The van der Waals surface area contributed by atoms with E-state index < -0.39 is 5.97 Å². The van der Waals surface area contributed by atoms with Gasteiger partial charge in [0.15, 0.2) is 11.5 Å². The van der Waals surface area contributed by atoms with Crippen LogP contribution in [0.2, 0.25) is 0 Å². The standard InChI is InChI=1S/C22H21NO4/c24-22(25)15-3-1-2-14-18-11-4-5-12(8-11)19(18)20(23-21(14)15)13-6-7-16-17(9-13)27-10-26-16/h1-3,6-7,9,11-12,18-20,23H,4-5,8,10H2,(H,24,25)/t11-,12-,18-,19+,20+/m1/s1. The Labute approximate surface area is 157 Å². The van der Waals surface area contributed by atoms with Crippen molar-refractivity contribution < 1.29 is 19.4 Å². The van der Waals surface area contributed by atoms with Crippen LogP contribution in [-0.2, 0) is 0 Å². The highest BCUT2D eigenvalue weighted by Crippen LogP contribution is 2.64. The summed E-state index contributed by atoms with van der Waals surface area (Å²) < 4.78 is 11.1. The molecule has 2 aliphatic heterocycles. The Hall–Kier alpha value is -2.69. The first-order chi connectivity index (χ1) is 13.2. The van der Waals surface area contributed by atoms with Crippen molar-refractivity contribution in [1.82, 2.24) is 0 Å². The van der Waals surface area contributed by atoms with E-state index in [1.165, 1.54) is 24.8 Å². The molecular formula is C22H21NO4. The highest BCUT2D eigenvalue weighted by atomic mass is 16.7. The van der Waals surface area contributed by atoms with Gasteiger partial charge >= 0.3 is 5.97 Å². The van der Waals surface area contributed by atoms with Crippen LogP contribution < -0.4 is 14.8 Å². The lowest BCUT2D eigenvalue weighted by molar-refractivity contribution is 0.0697. The lowest BCUT2D eigenvalue weighted by Crippen LogP contribution is -2.36. The monoisotopic (exact) mass is 363 g/mol. The molecule has 2 aliphatic carbocycles. The van der Waals surface area contributed by atoms with Crippen molar-refractivity contribution in [2.45, 2.75) is 31.2 Å². The van der Waals surface area contributed by atoms with Crippen molar-refractivity contribution >= 4 is 11.7 Å². The molecule has 2 bridgehead atoms. The number of aromatic carboxylic acids is 1. The van der Waals surface area contributed by atoms with Crippen LogP contribution in [-0.4, -0.2) is 17.9 Å². The predicted octanol–water partition coefficient (Wildman–Crippen LogP) is 4.41. The molecule has 0 aromatic heterocycles. The Morgan fingerprint density at radius 2 is 1.93 bits per heavy atom. The minimum Gasteiger partial charge on any atom is -0.478 e. The molecule has 2 aromatic carbocycles. The van der Waals surface area contributed by atoms with Gasteiger partial charge in [0.2, 0.25) is 6.79 Å². The number of carboxylic acid groups (broad SMARTS) is 1. The fraction of sp³-hybridized carbons (Fsp3) is 0.409. The molecule has 2 fully saturated rings. The van der Waals surface area contributed by atoms with Gasteiger partial charge in [-0.1, -0.05) is 18.2 Å². The van der Waals surface area contributed by atoms with E-state index in [2.05, 4.69) is 23.5 Å². The highest BCUT2D eigenvalue weighted by molar-refractivity contribution is 5.95. The number of ether oxygens (including phenoxy) is 2. The number of hydrogen-bond acceptors (Lipinski definition) is 4. The van der Waals surface area contributed by atoms with Crippen LogP contribution in [0.3, 0.4) is 0 Å². The van der Waals surface area contributed by atoms with E-state index in [0.717, 1.165) is 22.7 Å². The van der Waals surface area contributed by atoms with Gasteiger partial charge in [-0.05, 0) is 72.3 Å². The lowest BCUT2D eigenvalue weighted by atomic mass is 9.67. The molecule has 2 N–H and O–H groups in total. The summed E-state index contributed by atoms with van der Waals surface area (Å²) in [7, 11) is 0. The zero-order valence-corrected chi connectivity index (χ0v) is 14.9. The number of para-hydroxylation sites is 1. The number of hydrogen-bond donors (Lipinski definition) is 2. The molecule has 0 unspecified atom stereocenters. The SMILES string of the molecule is O=C(O)c1cccc2c1N[C@@H](c1ccc3c(c1)OCO3)[C@H]1[C@@H]3CC[C@H](C3)[C@H]21. The fourth-order valence-corrected chi connectivity index (χ4v) is 6.13. The van der Waals surface area contributed by atoms with E-state index in [4.69, 9.17) is 9.47 Å². The summed E-state index contributed by atoms with van der Waals surface area (Å²) in [5.41, 5.74) is 3.54. The fourth-order valence-electron chi connectivity index (χ4n) is 6.13. The van der Waals surface area contributed by atoms with Crippen LogP contribution >= 0.6 is 0 Å². The van der Waals surface area contributed by atoms with Gasteiger partial charge in [0.1, 0.15) is 0 Å². The summed E-state index contributed by atoms with van der Waals surface area (Å²) >= 11 is 0. The van der Waals surface area contributed by atoms with Crippen LogP contribution in [0, 0.1) is 17.8 Å². The van der Waals surface area contributed by atoms with Crippen molar-refractivity contribution in [3.63, 3.8) is 0 Å². The third-order valence-electron chi connectivity index (χ3n) is 7.11. The van der Waals surface area contributed by atoms with E-state index in [-0.39, 0.29) is 12.8 Å². The summed E-state index contributed by atoms with van der Waals surface area (Å²) in [6.07, 6.45) is 3.80. The maximum atomic E-state index is 11.8. The Morgan fingerprint density at radius 1 is 1.07 bits per heavy atom. The average Bonchev–Trinajstić information content (AvgIpc) is 3.42. The van der Waals surface area contributed by atoms with Crippen LogP contribution in [0.15, 0.2) is 36.4 Å². The quantitative estimate of drug-likeness (QED) is 0.827. The maximum absolute atomic E-state index is 11.8. The Kier molecular flexibility index (Phi) is 3.08. The second kappa shape index (κ2) is 5.41. The molecule has 2 aromatic rings. The molecular weight excluding hydrogens is 342 g/mol. The molecule has 4 aliphatic rings. The van der Waals surface area contributed by atoms with Gasteiger partial charge in [0.05, 0.1) is 17.3 Å². The molecule has 2 saturated carbocycles. The van der Waals surface area contributed by atoms with Gasteiger partial charge in [-0.3, -0.25) is 0 Å². The first-order valence-corrected chi connectivity index (χ1v) is 9.73. The van der Waals surface area contributed by atoms with Gasteiger partial charge in [-0.15, -0.1) is 0 Å². The zero-order chi connectivity index (χ0) is 18.1. The van der Waals surface area contributed by atoms with Crippen LogP contribution in [0.25, 0.3) is 0 Å². The normalized spacial score (nSPS) is 31.9. The largest absolute Gasteiger partial charge is 0.478 e. The number of carbonyl (C=O) groups is 1. The Morgan fingerprint density at radius 3 is 2.81 bits per heavy atom. The van der Waals surface area contributed by atoms with Gasteiger partial charge in [0.25, 0.3) is 0 Å². The van der Waals surface area contributed by atoms with E-state index in [9.17, 15) is 9.90 Å². The molecule has 0 saturated heterocycles. The van der Waals surface area contributed by atoms with Crippen molar-refractivity contribution in [2.24, 2.45) is 17.8 Å². The summed E-state index contributed by atoms with van der Waals surface area (Å²) in [6.45, 7) is 0.264. The Balaban J connectivity index is 1.51. The first-order valence-electron chi connectivity index (χ1n) is 9.73. The van der Waals surface area contributed by atoms with Crippen molar-refractivity contribution in [1.29, 1.82) is 0 Å². The molecule has 5 nitrogen and oxygen atoms in total. The molecule has 6 rings (SSSR count). The van der Waals surface area contributed by atoms with Crippen molar-refractivity contribution in [3.05, 3.63) is 53.1 Å². The second-order valence-electron chi connectivity index (χ2n) is 8.25. The van der Waals surface area contributed by atoms with Crippen molar-refractivity contribution in [2.75, 3.05) is 12.1 Å². The predicted molar refractivity (Wildman–Crippen MR) is 99.4 cm³/mol. The minimum atomic E-state index is -0.870. The van der Waals surface area contributed by atoms with Crippen molar-refractivity contribution in [3.8, 4) is 11.5 Å². The first kappa shape index (κ1) is 15.4. The number of benzene rings is 2. The molecule has 0 amide bonds. The lowest BCUT2D eigenvalue weighted by Gasteiger charge is -2.44. The summed E-state index contributed by atoms with van der Waals surface area (Å²) in [6, 6.07) is 12.0. The van der Waals surface area contributed by atoms with Gasteiger partial charge in [-0.2, -0.15) is 0 Å². The maximum Gasteiger partial charge on any atom is 0.337 e. The number of nitrogens with one attached hydrogen (secondary N) is 1. The van der Waals surface area contributed by atoms with Gasteiger partial charge < -0.3 is 19.9 Å². The number of anilines is 1. The molecule has 0 radical (unpaired) electrons. The van der Waals surface area contributed by atoms with Crippen LogP contribution in [0.5, 0.6) is 11.5 Å². The summed E-state index contributed by atoms with van der Waals surface area (Å²) in [4.78, 5) is 11.8. The Bertz CT molecular complexity index is 955. The van der Waals surface area contributed by atoms with E-state index in [0.29, 0.717) is 29.2 Å². The molecule has 0 spiro atoms. The third kappa shape index (κ3) is 2.08. The molecule has 2 heterocycles. The topological polar surface area (TPSA) is 67.8 Å². The average molecular weight is 363 g/mol.